The molecule has 4 heteroatoms. The van der Waals surface area contributed by atoms with Crippen LogP contribution in [0, 0.1) is 0 Å². The fourth-order valence-corrected chi connectivity index (χ4v) is 3.45. The molecule has 2 aromatic heterocycles. The van der Waals surface area contributed by atoms with Crippen LogP contribution >= 0.6 is 11.8 Å². The molecule has 0 aliphatic heterocycles. The molecule has 112 valence electrons. The summed E-state index contributed by atoms with van der Waals surface area (Å²) in [6.45, 7) is 0. The van der Waals surface area contributed by atoms with Crippen LogP contribution in [-0.4, -0.2) is 14.8 Å². The van der Waals surface area contributed by atoms with Crippen molar-refractivity contribution in [2.45, 2.75) is 10.6 Å². The Kier molecular flexibility index (Phi) is 3.82. The first-order valence-electron chi connectivity index (χ1n) is 7.47. The maximum atomic E-state index is 4.66. The van der Waals surface area contributed by atoms with Crippen LogP contribution in [-0.2, 0) is 5.75 Å². The van der Waals surface area contributed by atoms with Gasteiger partial charge in [-0.15, -0.1) is 11.8 Å². The van der Waals surface area contributed by atoms with E-state index in [1.165, 1.54) is 10.3 Å². The van der Waals surface area contributed by atoms with Gasteiger partial charge in [0.15, 0.2) is 0 Å². The van der Waals surface area contributed by atoms with E-state index in [2.05, 4.69) is 46.5 Å². The first-order valence-corrected chi connectivity index (χ1v) is 8.45. The lowest BCUT2D eigenvalue weighted by molar-refractivity contribution is 0.859. The van der Waals surface area contributed by atoms with Crippen LogP contribution in [0.15, 0.2) is 84.0 Å². The van der Waals surface area contributed by atoms with E-state index in [4.69, 9.17) is 0 Å². The van der Waals surface area contributed by atoms with Gasteiger partial charge in [0, 0.05) is 28.4 Å². The van der Waals surface area contributed by atoms with E-state index >= 15 is 0 Å². The minimum absolute atomic E-state index is 0.841. The quantitative estimate of drug-likeness (QED) is 0.511. The van der Waals surface area contributed by atoms with Crippen molar-refractivity contribution in [3.63, 3.8) is 0 Å². The minimum atomic E-state index is 0.841. The minimum Gasteiger partial charge on any atom is -0.256 e. The second-order valence-corrected chi connectivity index (χ2v) is 6.22. The molecule has 0 aliphatic rings. The Morgan fingerprint density at radius 2 is 1.70 bits per heavy atom. The molecule has 0 saturated heterocycles. The highest BCUT2D eigenvalue weighted by Gasteiger charge is 2.05. The summed E-state index contributed by atoms with van der Waals surface area (Å²) in [5, 5.41) is 5.85. The molecule has 0 fully saturated rings. The molecule has 4 rings (SSSR count). The van der Waals surface area contributed by atoms with Crippen molar-refractivity contribution < 1.29 is 0 Å². The lowest BCUT2D eigenvalue weighted by Crippen LogP contribution is -1.95. The normalized spacial score (nSPS) is 11.0. The number of hydrogen-bond acceptors (Lipinski definition) is 3. The summed E-state index contributed by atoms with van der Waals surface area (Å²) in [4.78, 5) is 5.65. The molecule has 3 nitrogen and oxygen atoms in total. The molecule has 0 amide bonds. The monoisotopic (exact) mass is 317 g/mol. The third-order valence-corrected chi connectivity index (χ3v) is 4.76. The van der Waals surface area contributed by atoms with Crippen molar-refractivity contribution in [1.82, 2.24) is 14.8 Å². The molecule has 23 heavy (non-hydrogen) atoms. The second-order valence-electron chi connectivity index (χ2n) is 5.20. The fraction of sp³-hybridized carbons (Fsp3) is 0.0526. The lowest BCUT2D eigenvalue weighted by atomic mass is 10.2. The Morgan fingerprint density at radius 1 is 0.870 bits per heavy atom. The third kappa shape index (κ3) is 2.98. The van der Waals surface area contributed by atoms with Crippen molar-refractivity contribution in [3.8, 4) is 5.69 Å². The molecular formula is C19H15N3S. The molecule has 0 saturated carbocycles. The molecule has 0 aliphatic carbocycles. The molecule has 0 spiro atoms. The number of nitrogens with zero attached hydrogens (tertiary/aromatic N) is 3. The molecular weight excluding hydrogens is 302 g/mol. The van der Waals surface area contributed by atoms with Gasteiger partial charge in [-0.1, -0.05) is 36.4 Å². The maximum Gasteiger partial charge on any atom is 0.0731 e. The predicted octanol–water partition coefficient (Wildman–Crippen LogP) is 4.71. The van der Waals surface area contributed by atoms with Crippen LogP contribution in [0.3, 0.4) is 0 Å². The van der Waals surface area contributed by atoms with E-state index in [-0.39, 0.29) is 0 Å². The summed E-state index contributed by atoms with van der Waals surface area (Å²) in [7, 11) is 0. The summed E-state index contributed by atoms with van der Waals surface area (Å²) < 4.78 is 1.92. The summed E-state index contributed by atoms with van der Waals surface area (Å²) in [6, 6.07) is 22.5. The molecule has 0 unspecified atom stereocenters. The smallest absolute Gasteiger partial charge is 0.0731 e. The average Bonchev–Trinajstić information content (AvgIpc) is 3.10. The van der Waals surface area contributed by atoms with E-state index in [1.54, 1.807) is 11.8 Å². The van der Waals surface area contributed by atoms with Crippen LogP contribution in [0.25, 0.3) is 16.6 Å². The van der Waals surface area contributed by atoms with E-state index in [1.807, 2.05) is 47.4 Å². The van der Waals surface area contributed by atoms with Gasteiger partial charge in [0.05, 0.1) is 16.9 Å². The molecule has 0 atom stereocenters. The largest absolute Gasteiger partial charge is 0.256 e. The van der Waals surface area contributed by atoms with Gasteiger partial charge in [-0.05, 0) is 30.3 Å². The van der Waals surface area contributed by atoms with Gasteiger partial charge < -0.3 is 0 Å². The number of para-hydroxylation sites is 2. The van der Waals surface area contributed by atoms with E-state index in [9.17, 15) is 0 Å². The van der Waals surface area contributed by atoms with Gasteiger partial charge in [-0.3, -0.25) is 4.98 Å². The van der Waals surface area contributed by atoms with Crippen LogP contribution in [0.4, 0.5) is 0 Å². The average molecular weight is 317 g/mol. The number of aromatic nitrogens is 3. The Hall–Kier alpha value is -2.59. The zero-order valence-corrected chi connectivity index (χ0v) is 13.3. The standard InChI is InChI=1S/C19H15N3S/c1-2-6-16(7-3-1)22-13-11-15(21-22)14-23-19-10-12-20-18-9-5-4-8-17(18)19/h1-13H,14H2. The summed E-state index contributed by atoms with van der Waals surface area (Å²) in [5.41, 5.74) is 3.19. The van der Waals surface area contributed by atoms with Crippen LogP contribution in [0.5, 0.6) is 0 Å². The van der Waals surface area contributed by atoms with Gasteiger partial charge in [0.1, 0.15) is 0 Å². The second kappa shape index (κ2) is 6.26. The van der Waals surface area contributed by atoms with Crippen molar-refractivity contribution >= 4 is 22.7 Å². The zero-order valence-electron chi connectivity index (χ0n) is 12.5. The number of hydrogen-bond donors (Lipinski definition) is 0. The maximum absolute atomic E-state index is 4.66. The number of rotatable bonds is 4. The van der Waals surface area contributed by atoms with Crippen molar-refractivity contribution in [2.24, 2.45) is 0 Å². The zero-order chi connectivity index (χ0) is 15.5. The highest BCUT2D eigenvalue weighted by Crippen LogP contribution is 2.28. The number of thioether (sulfide) groups is 1. The highest BCUT2D eigenvalue weighted by atomic mass is 32.2. The third-order valence-electron chi connectivity index (χ3n) is 3.65. The van der Waals surface area contributed by atoms with Gasteiger partial charge in [-0.2, -0.15) is 5.10 Å². The first-order chi connectivity index (χ1) is 11.4. The molecule has 0 bridgehead atoms. The van der Waals surface area contributed by atoms with E-state index < -0.39 is 0 Å². The number of pyridine rings is 1. The SMILES string of the molecule is c1ccc(-n2ccc(CSc3ccnc4ccccc34)n2)cc1. The summed E-state index contributed by atoms with van der Waals surface area (Å²) in [6.07, 6.45) is 3.88. The van der Waals surface area contributed by atoms with Crippen LogP contribution < -0.4 is 0 Å². The Labute approximate surface area is 139 Å². The molecule has 2 heterocycles. The van der Waals surface area contributed by atoms with Crippen LogP contribution in [0.2, 0.25) is 0 Å². The van der Waals surface area contributed by atoms with Crippen molar-refractivity contribution in [3.05, 3.63) is 84.8 Å². The highest BCUT2D eigenvalue weighted by molar-refractivity contribution is 7.98. The van der Waals surface area contributed by atoms with Crippen molar-refractivity contribution in [2.75, 3.05) is 0 Å². The van der Waals surface area contributed by atoms with Gasteiger partial charge in [0.25, 0.3) is 0 Å². The first kappa shape index (κ1) is 14.0. The Bertz CT molecular complexity index is 926. The summed E-state index contributed by atoms with van der Waals surface area (Å²) in [5.74, 6) is 0.841. The van der Waals surface area contributed by atoms with Crippen LogP contribution in [0.1, 0.15) is 5.69 Å². The number of fused-ring (bicyclic) bond motifs is 1. The van der Waals surface area contributed by atoms with Crippen molar-refractivity contribution in [1.29, 1.82) is 0 Å². The number of benzene rings is 2. The topological polar surface area (TPSA) is 30.7 Å². The van der Waals surface area contributed by atoms with Gasteiger partial charge in [-0.25, -0.2) is 4.68 Å². The van der Waals surface area contributed by atoms with Gasteiger partial charge >= 0.3 is 0 Å². The van der Waals surface area contributed by atoms with Gasteiger partial charge in [0.2, 0.25) is 0 Å². The van der Waals surface area contributed by atoms with E-state index in [0.717, 1.165) is 22.7 Å². The molecule has 0 radical (unpaired) electrons. The van der Waals surface area contributed by atoms with E-state index in [0.29, 0.717) is 0 Å². The predicted molar refractivity (Wildman–Crippen MR) is 94.9 cm³/mol. The summed E-state index contributed by atoms with van der Waals surface area (Å²) >= 11 is 1.80. The molecule has 2 aromatic carbocycles. The Balaban J connectivity index is 1.54. The molecule has 0 N–H and O–H groups in total. The fourth-order valence-electron chi connectivity index (χ4n) is 2.51. The molecule has 4 aromatic rings. The Morgan fingerprint density at radius 3 is 2.61 bits per heavy atom. The lowest BCUT2D eigenvalue weighted by Gasteiger charge is -2.04.